The van der Waals surface area contributed by atoms with Gasteiger partial charge in [0.1, 0.15) is 5.78 Å². The number of carbonyl (C=O) groups excluding carboxylic acids is 1. The molecule has 0 saturated carbocycles. The lowest BCUT2D eigenvalue weighted by atomic mass is 10.2. The third kappa shape index (κ3) is 3.31. The fourth-order valence-corrected chi connectivity index (χ4v) is 3.55. The van der Waals surface area contributed by atoms with Crippen LogP contribution in [0.4, 0.5) is 0 Å². The monoisotopic (exact) mass is 207 g/mol. The summed E-state index contributed by atoms with van der Waals surface area (Å²) < 4.78 is 10.6. The van der Waals surface area contributed by atoms with Gasteiger partial charge in [-0.05, 0) is 20.8 Å². The highest BCUT2D eigenvalue weighted by Gasteiger charge is 2.38. The Balaban J connectivity index is 2.60. The van der Waals surface area contributed by atoms with E-state index in [1.165, 1.54) is 6.92 Å². The molecule has 13 heavy (non-hydrogen) atoms. The van der Waals surface area contributed by atoms with Gasteiger partial charge in [-0.15, -0.1) is 0 Å². The molecule has 1 fully saturated rings. The summed E-state index contributed by atoms with van der Waals surface area (Å²) in [6.07, 6.45) is 0.713. The molecule has 1 aliphatic rings. The predicted octanol–water partition coefficient (Wildman–Crippen LogP) is 1.54. The highest BCUT2D eigenvalue weighted by atomic mass is 31.2. The molecule has 1 heterocycles. The molecule has 77 valence electrons. The van der Waals surface area contributed by atoms with Crippen LogP contribution in [0, 0.1) is 0 Å². The molecule has 0 bridgehead atoms. The van der Waals surface area contributed by atoms with Gasteiger partial charge in [-0.2, -0.15) is 0 Å². The number of rotatable bonds is 2. The Labute approximate surface area is 78.8 Å². The molecule has 1 rings (SSSR count). The SMILES string of the molecule is CC(=O)C[P]1(O)O[C@H](C)C[C@@H](C)O1. The zero-order chi connectivity index (χ0) is 10.1. The number of hydrogen-bond acceptors (Lipinski definition) is 4. The minimum Gasteiger partial charge on any atom is -0.335 e. The van der Waals surface area contributed by atoms with E-state index in [2.05, 4.69) is 0 Å². The molecule has 5 heteroatoms. The fraction of sp³-hybridized carbons (Fsp3) is 0.875. The Morgan fingerprint density at radius 3 is 2.31 bits per heavy atom. The summed E-state index contributed by atoms with van der Waals surface area (Å²) in [5, 5.41) is 0. The third-order valence-corrected chi connectivity index (χ3v) is 4.00. The molecular formula is C8H16O4P. The minimum atomic E-state index is -2.88. The van der Waals surface area contributed by atoms with Gasteiger partial charge in [0.05, 0.1) is 18.4 Å². The van der Waals surface area contributed by atoms with Gasteiger partial charge in [-0.3, -0.25) is 4.79 Å². The van der Waals surface area contributed by atoms with Crippen molar-refractivity contribution >= 4 is 13.7 Å². The zero-order valence-electron chi connectivity index (χ0n) is 8.19. The third-order valence-electron chi connectivity index (χ3n) is 1.78. The van der Waals surface area contributed by atoms with E-state index < -0.39 is 7.94 Å². The van der Waals surface area contributed by atoms with Crippen molar-refractivity contribution in [3.63, 3.8) is 0 Å². The summed E-state index contributed by atoms with van der Waals surface area (Å²) in [6, 6.07) is 0. The minimum absolute atomic E-state index is 0.00167. The van der Waals surface area contributed by atoms with E-state index in [1.807, 2.05) is 13.8 Å². The summed E-state index contributed by atoms with van der Waals surface area (Å²) in [6.45, 7) is 5.18. The molecule has 1 saturated heterocycles. The van der Waals surface area contributed by atoms with Crippen LogP contribution in [0.1, 0.15) is 27.2 Å². The number of carbonyl (C=O) groups is 1. The molecule has 0 spiro atoms. The number of ketones is 1. The lowest BCUT2D eigenvalue weighted by Crippen LogP contribution is -2.29. The van der Waals surface area contributed by atoms with Crippen molar-refractivity contribution in [2.75, 3.05) is 6.16 Å². The van der Waals surface area contributed by atoms with Crippen molar-refractivity contribution < 1.29 is 18.7 Å². The first kappa shape index (κ1) is 11.1. The highest BCUT2D eigenvalue weighted by Crippen LogP contribution is 2.61. The molecule has 4 nitrogen and oxygen atoms in total. The average molecular weight is 207 g/mol. The van der Waals surface area contributed by atoms with Crippen molar-refractivity contribution in [3.8, 4) is 0 Å². The lowest BCUT2D eigenvalue weighted by molar-refractivity contribution is -0.115. The Kier molecular flexibility index (Phi) is 3.41. The second-order valence-electron chi connectivity index (χ2n) is 3.57. The normalized spacial score (nSPS) is 40.3. The second kappa shape index (κ2) is 4.01. The van der Waals surface area contributed by atoms with Crippen molar-refractivity contribution in [1.82, 2.24) is 0 Å². The van der Waals surface area contributed by atoms with Gasteiger partial charge in [0, 0.05) is 6.42 Å². The Bertz CT molecular complexity index is 196. The fourth-order valence-electron chi connectivity index (χ4n) is 1.50. The summed E-state index contributed by atoms with van der Waals surface area (Å²) in [7, 11) is -2.88. The molecule has 0 unspecified atom stereocenters. The Hall–Kier alpha value is -0.0200. The topological polar surface area (TPSA) is 55.8 Å². The Morgan fingerprint density at radius 1 is 1.46 bits per heavy atom. The highest BCUT2D eigenvalue weighted by molar-refractivity contribution is 7.61. The van der Waals surface area contributed by atoms with E-state index in [-0.39, 0.29) is 24.2 Å². The maximum Gasteiger partial charge on any atom is 0.238 e. The molecule has 0 amide bonds. The van der Waals surface area contributed by atoms with Crippen LogP contribution in [0.2, 0.25) is 0 Å². The molecule has 0 aliphatic carbocycles. The standard InChI is InChI=1S/C8H16O4P/c1-6(9)5-13(10)11-7(2)4-8(3)12-13/h7-8,10H,4-5H2,1-3H3/t7-,8-/m1/s1. The van der Waals surface area contributed by atoms with Crippen LogP contribution < -0.4 is 0 Å². The maximum absolute atomic E-state index is 10.8. The molecule has 0 aromatic heterocycles. The lowest BCUT2D eigenvalue weighted by Gasteiger charge is -2.39. The first-order valence-corrected chi connectivity index (χ1v) is 6.14. The molecule has 1 aliphatic heterocycles. The van der Waals surface area contributed by atoms with Crippen LogP contribution in [-0.2, 0) is 13.8 Å². The first-order valence-electron chi connectivity index (χ1n) is 4.38. The molecule has 1 radical (unpaired) electrons. The van der Waals surface area contributed by atoms with Gasteiger partial charge in [0.15, 0.2) is 0 Å². The second-order valence-corrected chi connectivity index (χ2v) is 5.58. The van der Waals surface area contributed by atoms with Crippen LogP contribution in [0.25, 0.3) is 0 Å². The van der Waals surface area contributed by atoms with E-state index in [0.29, 0.717) is 0 Å². The number of Topliss-reactive ketones (excluding diaryl/α,β-unsaturated/α-hetero) is 1. The van der Waals surface area contributed by atoms with E-state index in [0.717, 1.165) is 6.42 Å². The smallest absolute Gasteiger partial charge is 0.238 e. The molecule has 0 aromatic carbocycles. The van der Waals surface area contributed by atoms with Crippen LogP contribution in [0.5, 0.6) is 0 Å². The van der Waals surface area contributed by atoms with Crippen LogP contribution in [0.3, 0.4) is 0 Å². The van der Waals surface area contributed by atoms with Gasteiger partial charge < -0.3 is 13.9 Å². The summed E-state index contributed by atoms with van der Waals surface area (Å²) in [4.78, 5) is 20.7. The molecule has 0 aromatic rings. The zero-order valence-corrected chi connectivity index (χ0v) is 9.08. The van der Waals surface area contributed by atoms with Crippen LogP contribution in [0.15, 0.2) is 0 Å². The van der Waals surface area contributed by atoms with Crippen molar-refractivity contribution in [2.45, 2.75) is 39.4 Å². The van der Waals surface area contributed by atoms with Gasteiger partial charge in [0.25, 0.3) is 0 Å². The van der Waals surface area contributed by atoms with E-state index in [1.54, 1.807) is 0 Å². The maximum atomic E-state index is 10.8. The average Bonchev–Trinajstić information content (AvgIpc) is 1.77. The largest absolute Gasteiger partial charge is 0.335 e. The predicted molar refractivity (Wildman–Crippen MR) is 50.4 cm³/mol. The quantitative estimate of drug-likeness (QED) is 0.698. The molecular weight excluding hydrogens is 191 g/mol. The molecule has 2 atom stereocenters. The molecule has 1 N–H and O–H groups in total. The summed E-state index contributed by atoms with van der Waals surface area (Å²) in [5.74, 6) is -0.0999. The van der Waals surface area contributed by atoms with Gasteiger partial charge >= 0.3 is 0 Å². The van der Waals surface area contributed by atoms with Crippen LogP contribution >= 0.6 is 7.94 Å². The summed E-state index contributed by atoms with van der Waals surface area (Å²) >= 11 is 0. The van der Waals surface area contributed by atoms with E-state index >= 15 is 0 Å². The van der Waals surface area contributed by atoms with Gasteiger partial charge in [-0.25, -0.2) is 0 Å². The van der Waals surface area contributed by atoms with Crippen molar-refractivity contribution in [3.05, 3.63) is 0 Å². The van der Waals surface area contributed by atoms with Crippen LogP contribution in [-0.4, -0.2) is 29.0 Å². The van der Waals surface area contributed by atoms with E-state index in [9.17, 15) is 9.69 Å². The van der Waals surface area contributed by atoms with Gasteiger partial charge in [-0.1, -0.05) is 0 Å². The van der Waals surface area contributed by atoms with Crippen molar-refractivity contribution in [2.24, 2.45) is 0 Å². The Morgan fingerprint density at radius 2 is 1.92 bits per heavy atom. The van der Waals surface area contributed by atoms with E-state index in [4.69, 9.17) is 9.05 Å². The summed E-state index contributed by atoms with van der Waals surface area (Å²) in [5.41, 5.74) is 0. The van der Waals surface area contributed by atoms with Crippen molar-refractivity contribution in [1.29, 1.82) is 0 Å². The van der Waals surface area contributed by atoms with Gasteiger partial charge in [0.2, 0.25) is 7.94 Å². The number of hydrogen-bond donors (Lipinski definition) is 1. The first-order chi connectivity index (χ1) is 5.91.